The van der Waals surface area contributed by atoms with Crippen molar-refractivity contribution in [2.24, 2.45) is 0 Å². The predicted molar refractivity (Wildman–Crippen MR) is 86.9 cm³/mol. The SMILES string of the molecule is Cc1ccc2c(c1)CC(CNC(C)Cc1ccccc1)O2. The van der Waals surface area contributed by atoms with E-state index in [-0.39, 0.29) is 6.10 Å². The molecule has 21 heavy (non-hydrogen) atoms. The van der Waals surface area contributed by atoms with Gasteiger partial charge in [0.25, 0.3) is 0 Å². The van der Waals surface area contributed by atoms with Gasteiger partial charge in [0.2, 0.25) is 0 Å². The first kappa shape index (κ1) is 14.2. The highest BCUT2D eigenvalue weighted by molar-refractivity contribution is 5.40. The molecule has 2 aromatic rings. The maximum Gasteiger partial charge on any atom is 0.123 e. The summed E-state index contributed by atoms with van der Waals surface area (Å²) in [6.07, 6.45) is 2.34. The molecule has 0 radical (unpaired) electrons. The number of hydrogen-bond acceptors (Lipinski definition) is 2. The van der Waals surface area contributed by atoms with Crippen LogP contribution in [-0.2, 0) is 12.8 Å². The fourth-order valence-corrected chi connectivity index (χ4v) is 2.94. The molecule has 3 rings (SSSR count). The van der Waals surface area contributed by atoms with Crippen LogP contribution in [0.5, 0.6) is 5.75 Å². The van der Waals surface area contributed by atoms with Crippen LogP contribution >= 0.6 is 0 Å². The zero-order valence-electron chi connectivity index (χ0n) is 12.8. The summed E-state index contributed by atoms with van der Waals surface area (Å²) in [4.78, 5) is 0. The van der Waals surface area contributed by atoms with Gasteiger partial charge in [-0.25, -0.2) is 0 Å². The van der Waals surface area contributed by atoms with E-state index in [1.807, 2.05) is 0 Å². The van der Waals surface area contributed by atoms with E-state index in [1.165, 1.54) is 16.7 Å². The molecule has 2 aromatic carbocycles. The molecule has 0 fully saturated rings. The Balaban J connectivity index is 1.48. The molecule has 0 amide bonds. The lowest BCUT2D eigenvalue weighted by molar-refractivity contribution is 0.222. The predicted octanol–water partition coefficient (Wildman–Crippen LogP) is 3.52. The monoisotopic (exact) mass is 281 g/mol. The van der Waals surface area contributed by atoms with Crippen LogP contribution in [0.15, 0.2) is 48.5 Å². The Morgan fingerprint density at radius 3 is 2.81 bits per heavy atom. The van der Waals surface area contributed by atoms with Crippen LogP contribution in [0.4, 0.5) is 0 Å². The van der Waals surface area contributed by atoms with Crippen molar-refractivity contribution in [2.45, 2.75) is 38.8 Å². The van der Waals surface area contributed by atoms with E-state index in [0.717, 1.165) is 25.1 Å². The summed E-state index contributed by atoms with van der Waals surface area (Å²) in [5.74, 6) is 1.06. The van der Waals surface area contributed by atoms with Gasteiger partial charge >= 0.3 is 0 Å². The van der Waals surface area contributed by atoms with Crippen LogP contribution in [0.3, 0.4) is 0 Å². The number of ether oxygens (including phenoxy) is 1. The van der Waals surface area contributed by atoms with E-state index in [2.05, 4.69) is 67.7 Å². The van der Waals surface area contributed by atoms with Crippen LogP contribution in [0.2, 0.25) is 0 Å². The summed E-state index contributed by atoms with van der Waals surface area (Å²) in [5.41, 5.74) is 4.03. The molecule has 0 aliphatic carbocycles. The molecule has 2 nitrogen and oxygen atoms in total. The van der Waals surface area contributed by atoms with Crippen LogP contribution in [-0.4, -0.2) is 18.7 Å². The number of rotatable bonds is 5. The first-order valence-corrected chi connectivity index (χ1v) is 7.74. The summed E-state index contributed by atoms with van der Waals surface area (Å²) in [6.45, 7) is 5.27. The number of aryl methyl sites for hydroxylation is 1. The Kier molecular flexibility index (Phi) is 4.26. The fourth-order valence-electron chi connectivity index (χ4n) is 2.94. The van der Waals surface area contributed by atoms with Gasteiger partial charge in [-0.3, -0.25) is 0 Å². The van der Waals surface area contributed by atoms with Crippen LogP contribution < -0.4 is 10.1 Å². The average molecular weight is 281 g/mol. The molecule has 0 saturated heterocycles. The second kappa shape index (κ2) is 6.31. The third-order valence-electron chi connectivity index (χ3n) is 4.04. The largest absolute Gasteiger partial charge is 0.488 e. The van der Waals surface area contributed by atoms with Gasteiger partial charge in [-0.1, -0.05) is 48.0 Å². The normalized spacial score (nSPS) is 18.1. The van der Waals surface area contributed by atoms with E-state index < -0.39 is 0 Å². The summed E-state index contributed by atoms with van der Waals surface area (Å²) < 4.78 is 6.00. The first-order valence-electron chi connectivity index (χ1n) is 7.74. The summed E-state index contributed by atoms with van der Waals surface area (Å²) in [7, 11) is 0. The van der Waals surface area contributed by atoms with E-state index in [4.69, 9.17) is 4.74 Å². The summed E-state index contributed by atoms with van der Waals surface area (Å²) in [6, 6.07) is 17.5. The Labute approximate surface area is 127 Å². The Hall–Kier alpha value is -1.80. The van der Waals surface area contributed by atoms with Gasteiger partial charge in [0, 0.05) is 19.0 Å². The van der Waals surface area contributed by atoms with Gasteiger partial charge in [0.1, 0.15) is 11.9 Å². The zero-order chi connectivity index (χ0) is 14.7. The maximum absolute atomic E-state index is 6.00. The number of hydrogen-bond donors (Lipinski definition) is 1. The molecule has 110 valence electrons. The van der Waals surface area contributed by atoms with Crippen LogP contribution in [0, 0.1) is 6.92 Å². The highest BCUT2D eigenvalue weighted by Gasteiger charge is 2.22. The van der Waals surface area contributed by atoms with Crippen molar-refractivity contribution in [3.63, 3.8) is 0 Å². The van der Waals surface area contributed by atoms with Crippen LogP contribution in [0.25, 0.3) is 0 Å². The third kappa shape index (κ3) is 3.64. The molecule has 0 bridgehead atoms. The molecule has 1 aliphatic rings. The van der Waals surface area contributed by atoms with Gasteiger partial charge in [-0.2, -0.15) is 0 Å². The molecular weight excluding hydrogens is 258 g/mol. The smallest absolute Gasteiger partial charge is 0.123 e. The lowest BCUT2D eigenvalue weighted by Gasteiger charge is -2.17. The highest BCUT2D eigenvalue weighted by atomic mass is 16.5. The van der Waals surface area contributed by atoms with Gasteiger partial charge in [-0.05, 0) is 37.5 Å². The molecule has 1 aliphatic heterocycles. The molecular formula is C19H23NO. The van der Waals surface area contributed by atoms with Crippen molar-refractivity contribution in [2.75, 3.05) is 6.54 Å². The molecule has 2 unspecified atom stereocenters. The second-order valence-electron chi connectivity index (χ2n) is 6.05. The number of benzene rings is 2. The van der Waals surface area contributed by atoms with Gasteiger partial charge in [0.15, 0.2) is 0 Å². The minimum atomic E-state index is 0.264. The summed E-state index contributed by atoms with van der Waals surface area (Å²) in [5, 5.41) is 3.60. The van der Waals surface area contributed by atoms with E-state index in [1.54, 1.807) is 0 Å². The van der Waals surface area contributed by atoms with E-state index in [9.17, 15) is 0 Å². The quantitative estimate of drug-likeness (QED) is 0.905. The van der Waals surface area contributed by atoms with Gasteiger partial charge in [0.05, 0.1) is 0 Å². The van der Waals surface area contributed by atoms with Crippen LogP contribution in [0.1, 0.15) is 23.6 Å². The van der Waals surface area contributed by atoms with Gasteiger partial charge in [-0.15, -0.1) is 0 Å². The third-order valence-corrected chi connectivity index (χ3v) is 4.04. The Morgan fingerprint density at radius 1 is 1.19 bits per heavy atom. The minimum absolute atomic E-state index is 0.264. The molecule has 2 atom stereocenters. The molecule has 0 saturated carbocycles. The van der Waals surface area contributed by atoms with E-state index >= 15 is 0 Å². The average Bonchev–Trinajstić information content (AvgIpc) is 2.88. The second-order valence-corrected chi connectivity index (χ2v) is 6.05. The van der Waals surface area contributed by atoms with E-state index in [0.29, 0.717) is 6.04 Å². The maximum atomic E-state index is 6.00. The van der Waals surface area contributed by atoms with Gasteiger partial charge < -0.3 is 10.1 Å². The fraction of sp³-hybridized carbons (Fsp3) is 0.368. The van der Waals surface area contributed by atoms with Crippen molar-refractivity contribution in [1.82, 2.24) is 5.32 Å². The van der Waals surface area contributed by atoms with Crippen molar-refractivity contribution in [3.8, 4) is 5.75 Å². The summed E-state index contributed by atoms with van der Waals surface area (Å²) >= 11 is 0. The molecule has 0 aromatic heterocycles. The lowest BCUT2D eigenvalue weighted by atomic mass is 10.1. The topological polar surface area (TPSA) is 21.3 Å². The molecule has 0 spiro atoms. The molecule has 1 N–H and O–H groups in total. The first-order chi connectivity index (χ1) is 10.2. The number of fused-ring (bicyclic) bond motifs is 1. The minimum Gasteiger partial charge on any atom is -0.488 e. The lowest BCUT2D eigenvalue weighted by Crippen LogP contribution is -2.36. The number of nitrogens with one attached hydrogen (secondary N) is 1. The standard InChI is InChI=1S/C19H23NO/c1-14-8-9-19-17(10-14)12-18(21-19)13-20-15(2)11-16-6-4-3-5-7-16/h3-10,15,18,20H,11-13H2,1-2H3. The molecule has 2 heteroatoms. The van der Waals surface area contributed by atoms with Crippen molar-refractivity contribution in [1.29, 1.82) is 0 Å². The molecule has 1 heterocycles. The Morgan fingerprint density at radius 2 is 2.00 bits per heavy atom. The van der Waals surface area contributed by atoms with Crippen molar-refractivity contribution in [3.05, 3.63) is 65.2 Å². The van der Waals surface area contributed by atoms with Crippen molar-refractivity contribution >= 4 is 0 Å². The Bertz CT molecular complexity index is 594. The highest BCUT2D eigenvalue weighted by Crippen LogP contribution is 2.29. The zero-order valence-corrected chi connectivity index (χ0v) is 12.8. The van der Waals surface area contributed by atoms with Crippen molar-refractivity contribution < 1.29 is 4.74 Å².